The smallest absolute Gasteiger partial charge is 0.0998 e. The van der Waals surface area contributed by atoms with Crippen LogP contribution in [-0.2, 0) is 12.8 Å². The van der Waals surface area contributed by atoms with Crippen molar-refractivity contribution in [2.45, 2.75) is 83.0 Å². The molecule has 0 spiro atoms. The van der Waals surface area contributed by atoms with Crippen molar-refractivity contribution in [3.05, 3.63) is 91.8 Å². The molecule has 0 bridgehead atoms. The lowest BCUT2D eigenvalue weighted by molar-refractivity contribution is 0.579. The van der Waals surface area contributed by atoms with Gasteiger partial charge in [0.1, 0.15) is 0 Å². The van der Waals surface area contributed by atoms with Crippen LogP contribution in [0.3, 0.4) is 0 Å². The van der Waals surface area contributed by atoms with Crippen molar-refractivity contribution < 1.29 is 0 Å². The predicted octanol–water partition coefficient (Wildman–Crippen LogP) is 10.3. The lowest BCUT2D eigenvalue weighted by Crippen LogP contribution is -1.97. The molecule has 3 aromatic carbocycles. The number of aromatic nitrogens is 2. The topological polar surface area (TPSA) is 41.1 Å². The molecular formula is C43H33N3. The lowest BCUT2D eigenvalue weighted by Gasteiger charge is -2.14. The lowest BCUT2D eigenvalue weighted by atomic mass is 9.88. The van der Waals surface area contributed by atoms with Gasteiger partial charge in [0.25, 0.3) is 0 Å². The van der Waals surface area contributed by atoms with Crippen LogP contribution in [0.4, 0.5) is 0 Å². The van der Waals surface area contributed by atoms with Gasteiger partial charge >= 0.3 is 0 Å². The molecule has 3 heteroatoms. The van der Waals surface area contributed by atoms with Gasteiger partial charge in [-0.1, -0.05) is 42.4 Å². The monoisotopic (exact) mass is 591 g/mol. The predicted molar refractivity (Wildman–Crippen MR) is 185 cm³/mol. The van der Waals surface area contributed by atoms with Gasteiger partial charge in [0.15, 0.2) is 0 Å². The molecule has 6 aromatic rings. The number of pyridine rings is 1. The number of rotatable bonds is 0. The molecule has 0 radical (unpaired) electrons. The van der Waals surface area contributed by atoms with E-state index in [1.807, 2.05) is 0 Å². The summed E-state index contributed by atoms with van der Waals surface area (Å²) in [5.74, 6) is 2.56. The molecule has 3 nitrogen and oxygen atoms in total. The average molecular weight is 592 g/mol. The minimum atomic E-state index is 0.450. The van der Waals surface area contributed by atoms with Gasteiger partial charge < -0.3 is 4.40 Å². The second kappa shape index (κ2) is 7.26. The number of fused-ring (bicyclic) bond motifs is 21. The molecule has 5 atom stereocenters. The molecule has 0 N–H and O–H groups in total. The first kappa shape index (κ1) is 23.9. The number of hydrogen-bond donors (Lipinski definition) is 0. The molecule has 0 amide bonds. The third-order valence-electron chi connectivity index (χ3n) is 13.9. The van der Waals surface area contributed by atoms with Crippen LogP contribution in [0.5, 0.6) is 0 Å². The maximum absolute atomic E-state index is 10.5. The zero-order chi connectivity index (χ0) is 30.0. The van der Waals surface area contributed by atoms with Crippen molar-refractivity contribution in [1.29, 1.82) is 5.26 Å². The summed E-state index contributed by atoms with van der Waals surface area (Å²) in [5, 5.41) is 16.2. The minimum Gasteiger partial charge on any atom is -0.306 e. The van der Waals surface area contributed by atoms with E-state index >= 15 is 0 Å². The Bertz CT molecular complexity index is 2650. The van der Waals surface area contributed by atoms with E-state index < -0.39 is 0 Å². The van der Waals surface area contributed by atoms with Gasteiger partial charge in [0, 0.05) is 38.9 Å². The summed E-state index contributed by atoms with van der Waals surface area (Å²) in [7, 11) is 0. The third kappa shape index (κ3) is 2.53. The van der Waals surface area contributed by atoms with Gasteiger partial charge in [-0.2, -0.15) is 5.26 Å². The normalized spacial score (nSPS) is 28.7. The van der Waals surface area contributed by atoms with E-state index in [1.54, 1.807) is 16.7 Å². The Kier molecular flexibility index (Phi) is 3.76. The molecule has 5 unspecified atom stereocenters. The van der Waals surface area contributed by atoms with Crippen LogP contribution in [0, 0.1) is 22.7 Å². The fraction of sp³-hybridized carbons (Fsp3) is 0.349. The summed E-state index contributed by atoms with van der Waals surface area (Å²) in [6.45, 7) is 4.82. The molecular weight excluding hydrogens is 558 g/mol. The van der Waals surface area contributed by atoms with E-state index in [-0.39, 0.29) is 0 Å². The highest BCUT2D eigenvalue weighted by Gasteiger charge is 2.56. The van der Waals surface area contributed by atoms with E-state index in [1.165, 1.54) is 127 Å². The van der Waals surface area contributed by atoms with Gasteiger partial charge in [-0.25, -0.2) is 0 Å². The molecule has 0 aliphatic heterocycles. The van der Waals surface area contributed by atoms with Crippen LogP contribution in [-0.4, -0.2) is 9.38 Å². The fourth-order valence-corrected chi connectivity index (χ4v) is 11.8. The van der Waals surface area contributed by atoms with Crippen LogP contribution in [0.25, 0.3) is 61.4 Å². The number of hydrogen-bond acceptors (Lipinski definition) is 2. The Labute approximate surface area is 267 Å². The molecule has 13 rings (SSSR count). The number of nitrogens with zero attached hydrogens (tertiary/aromatic N) is 3. The number of nitriles is 1. The molecule has 3 heterocycles. The zero-order valence-electron chi connectivity index (χ0n) is 26.3. The summed E-state index contributed by atoms with van der Waals surface area (Å²) >= 11 is 0. The Morgan fingerprint density at radius 3 is 2.85 bits per heavy atom. The first-order valence-electron chi connectivity index (χ1n) is 17.7. The summed E-state index contributed by atoms with van der Waals surface area (Å²) in [6, 6.07) is 12.7. The van der Waals surface area contributed by atoms with E-state index in [0.29, 0.717) is 17.3 Å². The Morgan fingerprint density at radius 2 is 1.93 bits per heavy atom. The van der Waals surface area contributed by atoms with Crippen molar-refractivity contribution in [3.8, 4) is 17.2 Å². The van der Waals surface area contributed by atoms with Crippen LogP contribution >= 0.6 is 0 Å². The van der Waals surface area contributed by atoms with Crippen LogP contribution in [0.2, 0.25) is 0 Å². The molecule has 0 saturated heterocycles. The minimum absolute atomic E-state index is 0.450. The summed E-state index contributed by atoms with van der Waals surface area (Å²) in [5.41, 5.74) is 22.7. The highest BCUT2D eigenvalue weighted by molar-refractivity contribution is 6.28. The Hall–Kier alpha value is -4.42. The summed E-state index contributed by atoms with van der Waals surface area (Å²) < 4.78 is 2.54. The average Bonchev–Trinajstić information content (AvgIpc) is 3.47. The van der Waals surface area contributed by atoms with Gasteiger partial charge in [-0.3, -0.25) is 4.98 Å². The highest BCUT2D eigenvalue weighted by atomic mass is 14.9. The van der Waals surface area contributed by atoms with Gasteiger partial charge in [-0.15, -0.1) is 0 Å². The molecule has 7 aliphatic carbocycles. The largest absolute Gasteiger partial charge is 0.306 e. The van der Waals surface area contributed by atoms with E-state index in [0.717, 1.165) is 30.2 Å². The summed E-state index contributed by atoms with van der Waals surface area (Å²) in [4.78, 5) is 5.26. The first-order valence-corrected chi connectivity index (χ1v) is 17.7. The molecule has 220 valence electrons. The zero-order valence-corrected chi connectivity index (χ0v) is 26.3. The molecule has 7 aliphatic rings. The quantitative estimate of drug-likeness (QED) is 0.176. The maximum atomic E-state index is 10.5. The van der Waals surface area contributed by atoms with Gasteiger partial charge in [0.05, 0.1) is 40.1 Å². The van der Waals surface area contributed by atoms with Crippen molar-refractivity contribution in [2.75, 3.05) is 0 Å². The van der Waals surface area contributed by atoms with E-state index in [2.05, 4.69) is 66.9 Å². The number of allylic oxidation sites excluding steroid dienone is 2. The van der Waals surface area contributed by atoms with E-state index in [9.17, 15) is 5.26 Å². The molecule has 3 saturated carbocycles. The Morgan fingerprint density at radius 1 is 1.00 bits per heavy atom. The fourth-order valence-electron chi connectivity index (χ4n) is 11.8. The second-order valence-corrected chi connectivity index (χ2v) is 16.5. The second-order valence-electron chi connectivity index (χ2n) is 16.5. The van der Waals surface area contributed by atoms with Crippen molar-refractivity contribution in [2.24, 2.45) is 11.3 Å². The van der Waals surface area contributed by atoms with Gasteiger partial charge in [-0.05, 0) is 132 Å². The van der Waals surface area contributed by atoms with Crippen molar-refractivity contribution >= 4 is 50.2 Å². The van der Waals surface area contributed by atoms with Gasteiger partial charge in [0.2, 0.25) is 0 Å². The Balaban J connectivity index is 1.23. The third-order valence-corrected chi connectivity index (χ3v) is 13.9. The summed E-state index contributed by atoms with van der Waals surface area (Å²) in [6.07, 6.45) is 16.7. The van der Waals surface area contributed by atoms with Crippen molar-refractivity contribution in [3.63, 3.8) is 0 Å². The standard InChI is InChI=1S/C43H33N3/c1-19-6-21-10-29(21)41-32(7-19)37-33-14-30-26-12-23-15-43(2)16-34(43)27(23)9-22(26)11-31(30)39-40-35(46(42(33)39)36(37)18-45-41)13-24(17-44)28-8-20-4-3-5-25(20)38(28)40/h7-9,12-14,18,21,25,29,34H,3-6,10-11,15-16H2,1-2H3. The molecule has 46 heavy (non-hydrogen) atoms. The highest BCUT2D eigenvalue weighted by Crippen LogP contribution is 2.67. The van der Waals surface area contributed by atoms with Crippen molar-refractivity contribution in [1.82, 2.24) is 9.38 Å². The number of benzene rings is 3. The van der Waals surface area contributed by atoms with E-state index in [4.69, 9.17) is 4.98 Å². The first-order chi connectivity index (χ1) is 22.5. The maximum Gasteiger partial charge on any atom is 0.0998 e. The van der Waals surface area contributed by atoms with Crippen LogP contribution < -0.4 is 0 Å². The SMILES string of the molecule is CC1=Cc2c(ncc3c2c2cc4c(c5c6c7c(c(C#N)cc6n3c25)C=C2CCCC27)Cc2cc3c(cc2-4)CC2(C)CC32)C2CC2C1. The molecule has 3 aromatic heterocycles. The van der Waals surface area contributed by atoms with Crippen LogP contribution in [0.15, 0.2) is 41.6 Å². The molecule has 3 fully saturated rings. The van der Waals surface area contributed by atoms with Crippen LogP contribution in [0.1, 0.15) is 120 Å².